The fraction of sp³-hybridized carbons (Fsp3) is 0.421. The largest absolute Gasteiger partial charge is 0.360 e. The van der Waals surface area contributed by atoms with Gasteiger partial charge in [0.05, 0.1) is 15.2 Å². The molecule has 5 rings (SSSR count). The maximum Gasteiger partial charge on any atom is 0.276 e. The first kappa shape index (κ1) is 15.1. The molecule has 0 bridgehead atoms. The molecule has 3 aromatic rings. The van der Waals surface area contributed by atoms with Crippen LogP contribution >= 0.6 is 11.3 Å². The van der Waals surface area contributed by atoms with Crippen molar-refractivity contribution in [2.24, 2.45) is 0 Å². The van der Waals surface area contributed by atoms with Crippen LogP contribution in [-0.2, 0) is 0 Å². The Balaban J connectivity index is 1.26. The molecule has 5 nitrogen and oxygen atoms in total. The number of thiazole rings is 1. The Morgan fingerprint density at radius 3 is 2.68 bits per heavy atom. The van der Waals surface area contributed by atoms with Crippen LogP contribution < -0.4 is 0 Å². The summed E-state index contributed by atoms with van der Waals surface area (Å²) in [6.45, 7) is 1.51. The normalized spacial score (nSPS) is 18.8. The molecule has 1 aliphatic heterocycles. The Hall–Kier alpha value is -2.21. The molecule has 1 saturated carbocycles. The molecule has 0 spiro atoms. The maximum absolute atomic E-state index is 12.6. The summed E-state index contributed by atoms with van der Waals surface area (Å²) in [5.74, 6) is 1.80. The van der Waals surface area contributed by atoms with Gasteiger partial charge in [0.15, 0.2) is 5.69 Å². The predicted molar refractivity (Wildman–Crippen MR) is 96.0 cm³/mol. The lowest BCUT2D eigenvalue weighted by molar-refractivity contribution is 0.0702. The van der Waals surface area contributed by atoms with E-state index in [1.807, 2.05) is 17.0 Å². The number of carbonyl (C=O) groups is 1. The van der Waals surface area contributed by atoms with E-state index in [-0.39, 0.29) is 5.91 Å². The summed E-state index contributed by atoms with van der Waals surface area (Å²) in [4.78, 5) is 19.3. The summed E-state index contributed by atoms with van der Waals surface area (Å²) in [5.41, 5.74) is 1.54. The molecule has 0 unspecified atom stereocenters. The van der Waals surface area contributed by atoms with Crippen molar-refractivity contribution < 1.29 is 9.32 Å². The Morgan fingerprint density at radius 2 is 1.92 bits per heavy atom. The highest BCUT2D eigenvalue weighted by atomic mass is 32.1. The molecule has 0 radical (unpaired) electrons. The molecule has 1 saturated heterocycles. The van der Waals surface area contributed by atoms with Crippen LogP contribution in [0.15, 0.2) is 34.9 Å². The van der Waals surface area contributed by atoms with Gasteiger partial charge in [-0.2, -0.15) is 0 Å². The van der Waals surface area contributed by atoms with Crippen LogP contribution in [0.2, 0.25) is 0 Å². The van der Waals surface area contributed by atoms with Crippen LogP contribution in [0, 0.1) is 0 Å². The van der Waals surface area contributed by atoms with Gasteiger partial charge in [-0.15, -0.1) is 11.3 Å². The van der Waals surface area contributed by atoms with E-state index in [4.69, 9.17) is 9.51 Å². The molecule has 2 aliphatic rings. The Bertz CT molecular complexity index is 887. The lowest BCUT2D eigenvalue weighted by Crippen LogP contribution is -2.38. The zero-order valence-electron chi connectivity index (χ0n) is 13.9. The molecule has 1 aliphatic carbocycles. The van der Waals surface area contributed by atoms with E-state index >= 15 is 0 Å². The topological polar surface area (TPSA) is 59.2 Å². The number of para-hydroxylation sites is 1. The summed E-state index contributed by atoms with van der Waals surface area (Å²) >= 11 is 1.78. The Morgan fingerprint density at radius 1 is 1.12 bits per heavy atom. The SMILES string of the molecule is O=C(c1cc(C2CC2)on1)N1CCC(c2nc3ccccc3s2)CC1. The van der Waals surface area contributed by atoms with Crippen molar-refractivity contribution in [2.75, 3.05) is 13.1 Å². The summed E-state index contributed by atoms with van der Waals surface area (Å²) in [5, 5.41) is 5.18. The number of likely N-dealkylation sites (tertiary alicyclic amines) is 1. The number of amides is 1. The van der Waals surface area contributed by atoms with Gasteiger partial charge in [0.2, 0.25) is 0 Å². The molecule has 0 atom stereocenters. The van der Waals surface area contributed by atoms with Gasteiger partial charge in [-0.3, -0.25) is 4.79 Å². The van der Waals surface area contributed by atoms with E-state index < -0.39 is 0 Å². The fourth-order valence-corrected chi connectivity index (χ4v) is 4.64. The average Bonchev–Trinajstić information content (AvgIpc) is 3.22. The lowest BCUT2D eigenvalue weighted by atomic mass is 9.97. The summed E-state index contributed by atoms with van der Waals surface area (Å²) in [6.07, 6.45) is 4.21. The number of benzene rings is 1. The molecule has 6 heteroatoms. The molecular weight excluding hydrogens is 334 g/mol. The molecule has 2 aromatic heterocycles. The van der Waals surface area contributed by atoms with E-state index in [9.17, 15) is 4.79 Å². The monoisotopic (exact) mass is 353 g/mol. The van der Waals surface area contributed by atoms with Crippen molar-refractivity contribution >= 4 is 27.5 Å². The smallest absolute Gasteiger partial charge is 0.276 e. The van der Waals surface area contributed by atoms with Gasteiger partial charge in [-0.1, -0.05) is 17.3 Å². The Kier molecular flexibility index (Phi) is 3.59. The molecule has 128 valence electrons. The highest BCUT2D eigenvalue weighted by molar-refractivity contribution is 7.18. The van der Waals surface area contributed by atoms with Gasteiger partial charge in [0.1, 0.15) is 5.76 Å². The highest BCUT2D eigenvalue weighted by Gasteiger charge is 2.31. The first-order valence-corrected chi connectivity index (χ1v) is 9.71. The number of piperidine rings is 1. The van der Waals surface area contributed by atoms with Crippen molar-refractivity contribution in [3.63, 3.8) is 0 Å². The molecular formula is C19H19N3O2S. The van der Waals surface area contributed by atoms with Crippen molar-refractivity contribution in [2.45, 2.75) is 37.5 Å². The number of nitrogens with zero attached hydrogens (tertiary/aromatic N) is 3. The van der Waals surface area contributed by atoms with Gasteiger partial charge >= 0.3 is 0 Å². The third-order valence-electron chi connectivity index (χ3n) is 5.17. The van der Waals surface area contributed by atoms with E-state index in [2.05, 4.69) is 23.4 Å². The number of rotatable bonds is 3. The van der Waals surface area contributed by atoms with Gasteiger partial charge in [0, 0.05) is 31.0 Å². The van der Waals surface area contributed by atoms with E-state index in [0.717, 1.165) is 50.0 Å². The minimum Gasteiger partial charge on any atom is -0.360 e. The molecule has 2 fully saturated rings. The number of hydrogen-bond donors (Lipinski definition) is 0. The summed E-state index contributed by atoms with van der Waals surface area (Å²) in [7, 11) is 0. The van der Waals surface area contributed by atoms with Crippen molar-refractivity contribution in [1.29, 1.82) is 0 Å². The predicted octanol–water partition coefficient (Wildman–Crippen LogP) is 4.18. The van der Waals surface area contributed by atoms with E-state index in [0.29, 0.717) is 17.5 Å². The van der Waals surface area contributed by atoms with Crippen LogP contribution in [0.1, 0.15) is 58.8 Å². The molecule has 0 N–H and O–H groups in total. The maximum atomic E-state index is 12.6. The van der Waals surface area contributed by atoms with E-state index in [1.165, 1.54) is 9.71 Å². The van der Waals surface area contributed by atoms with Crippen LogP contribution in [0.5, 0.6) is 0 Å². The first-order chi connectivity index (χ1) is 12.3. The van der Waals surface area contributed by atoms with E-state index in [1.54, 1.807) is 11.3 Å². The summed E-state index contributed by atoms with van der Waals surface area (Å²) in [6, 6.07) is 10.1. The quantitative estimate of drug-likeness (QED) is 0.709. The minimum absolute atomic E-state index is 0.00148. The van der Waals surface area contributed by atoms with Crippen molar-refractivity contribution in [3.05, 3.63) is 46.8 Å². The third kappa shape index (κ3) is 2.84. The Labute approximate surface area is 149 Å². The van der Waals surface area contributed by atoms with Gasteiger partial charge in [-0.25, -0.2) is 4.98 Å². The number of fused-ring (bicyclic) bond motifs is 1. The number of aromatic nitrogens is 2. The van der Waals surface area contributed by atoms with Crippen molar-refractivity contribution in [1.82, 2.24) is 15.0 Å². The van der Waals surface area contributed by atoms with Crippen LogP contribution in [0.3, 0.4) is 0 Å². The van der Waals surface area contributed by atoms with Gasteiger partial charge < -0.3 is 9.42 Å². The average molecular weight is 353 g/mol. The highest BCUT2D eigenvalue weighted by Crippen LogP contribution is 2.40. The minimum atomic E-state index is -0.00148. The molecule has 1 amide bonds. The second-order valence-corrected chi connectivity index (χ2v) is 8.04. The first-order valence-electron chi connectivity index (χ1n) is 8.89. The van der Waals surface area contributed by atoms with Crippen molar-refractivity contribution in [3.8, 4) is 0 Å². The van der Waals surface area contributed by atoms with Crippen LogP contribution in [0.25, 0.3) is 10.2 Å². The van der Waals surface area contributed by atoms with Gasteiger partial charge in [0.25, 0.3) is 5.91 Å². The second kappa shape index (κ2) is 5.95. The van der Waals surface area contributed by atoms with Crippen LogP contribution in [0.4, 0.5) is 0 Å². The molecule has 3 heterocycles. The summed E-state index contributed by atoms with van der Waals surface area (Å²) < 4.78 is 6.56. The number of hydrogen-bond acceptors (Lipinski definition) is 5. The lowest BCUT2D eigenvalue weighted by Gasteiger charge is -2.30. The fourth-order valence-electron chi connectivity index (χ4n) is 3.51. The zero-order chi connectivity index (χ0) is 16.8. The third-order valence-corrected chi connectivity index (χ3v) is 6.37. The molecule has 1 aromatic carbocycles. The zero-order valence-corrected chi connectivity index (χ0v) is 14.7. The van der Waals surface area contributed by atoms with Crippen LogP contribution in [-0.4, -0.2) is 34.0 Å². The number of carbonyl (C=O) groups excluding carboxylic acids is 1. The second-order valence-electron chi connectivity index (χ2n) is 6.98. The molecule has 25 heavy (non-hydrogen) atoms. The standard InChI is InChI=1S/C19H19N3O2S/c23-19(15-11-16(24-21-15)12-5-6-12)22-9-7-13(8-10-22)18-20-14-3-1-2-4-17(14)25-18/h1-4,11-13H,5-10H2. The van der Waals surface area contributed by atoms with Gasteiger partial charge in [-0.05, 0) is 37.8 Å².